The Morgan fingerprint density at radius 1 is 1.12 bits per heavy atom. The van der Waals surface area contributed by atoms with Gasteiger partial charge >= 0.3 is 5.97 Å². The van der Waals surface area contributed by atoms with Crippen LogP contribution in [0.5, 0.6) is 0 Å². The molecule has 0 bridgehead atoms. The molecule has 0 aliphatic rings. The molecule has 11 nitrogen and oxygen atoms in total. The Hall–Kier alpha value is -4.06. The molecule has 0 radical (unpaired) electrons. The van der Waals surface area contributed by atoms with E-state index in [1.807, 2.05) is 11.6 Å². The summed E-state index contributed by atoms with van der Waals surface area (Å²) >= 11 is 0. The number of aromatic nitrogens is 5. The molecule has 176 valence electrons. The number of hydrogen-bond donors (Lipinski definition) is 2. The zero-order valence-corrected chi connectivity index (χ0v) is 20.2. The third-order valence-electron chi connectivity index (χ3n) is 4.86. The Morgan fingerprint density at radius 2 is 1.85 bits per heavy atom. The summed E-state index contributed by atoms with van der Waals surface area (Å²) in [6.45, 7) is 0. The SMILES string of the molecule is CNc1nc(Nc2ccc(N=S(C)(C)=O)cc2)c(C(=O)OC)nc1-c1cncc2c1ncn2C. The molecule has 0 unspecified atom stereocenters. The Bertz CT molecular complexity index is 1500. The number of imidazole rings is 1. The van der Waals surface area contributed by atoms with E-state index in [0.29, 0.717) is 34.0 Å². The summed E-state index contributed by atoms with van der Waals surface area (Å²) in [7, 11) is 2.59. The van der Waals surface area contributed by atoms with Gasteiger partial charge < -0.3 is 19.9 Å². The molecule has 3 aromatic heterocycles. The topological polar surface area (TPSA) is 136 Å². The standard InChI is InChI=1S/C22H24N8O3S/c1-23-20-18(15-10-24-11-16-17(15)25-12-30(16)2)27-19(22(31)33-3)21(28-20)26-13-6-8-14(9-7-13)29-34(4,5)32/h6-12H,1-5H3,(H2,23,26,28). The van der Waals surface area contributed by atoms with E-state index in [4.69, 9.17) is 4.74 Å². The fourth-order valence-electron chi connectivity index (χ4n) is 3.34. The lowest BCUT2D eigenvalue weighted by Gasteiger charge is -2.15. The number of carbonyl (C=O) groups excluding carboxylic acids is 1. The number of nitrogens with zero attached hydrogens (tertiary/aromatic N) is 6. The lowest BCUT2D eigenvalue weighted by Crippen LogP contribution is -2.13. The van der Waals surface area contributed by atoms with E-state index in [-0.39, 0.29) is 11.5 Å². The van der Waals surface area contributed by atoms with E-state index >= 15 is 0 Å². The van der Waals surface area contributed by atoms with Crippen LogP contribution < -0.4 is 10.6 Å². The van der Waals surface area contributed by atoms with E-state index in [9.17, 15) is 9.00 Å². The lowest BCUT2D eigenvalue weighted by atomic mass is 10.1. The third kappa shape index (κ3) is 4.66. The van der Waals surface area contributed by atoms with Crippen LogP contribution in [0.15, 0.2) is 47.3 Å². The average Bonchev–Trinajstić information content (AvgIpc) is 3.19. The van der Waals surface area contributed by atoms with Crippen molar-refractivity contribution in [2.75, 3.05) is 37.3 Å². The van der Waals surface area contributed by atoms with Gasteiger partial charge in [-0.1, -0.05) is 0 Å². The first-order valence-electron chi connectivity index (χ1n) is 10.2. The van der Waals surface area contributed by atoms with Crippen molar-refractivity contribution in [3.63, 3.8) is 0 Å². The number of fused-ring (bicyclic) bond motifs is 1. The quantitative estimate of drug-likeness (QED) is 0.398. The van der Waals surface area contributed by atoms with E-state index in [1.54, 1.807) is 62.5 Å². The van der Waals surface area contributed by atoms with Gasteiger partial charge in [-0.05, 0) is 24.3 Å². The van der Waals surface area contributed by atoms with Gasteiger partial charge in [-0.25, -0.2) is 24.0 Å². The highest BCUT2D eigenvalue weighted by Gasteiger charge is 2.23. The van der Waals surface area contributed by atoms with Gasteiger partial charge in [0.2, 0.25) is 0 Å². The molecule has 34 heavy (non-hydrogen) atoms. The maximum atomic E-state index is 12.6. The second-order valence-electron chi connectivity index (χ2n) is 7.71. The first-order chi connectivity index (χ1) is 16.2. The zero-order chi connectivity index (χ0) is 24.5. The fraction of sp³-hybridized carbons (Fsp3) is 0.227. The van der Waals surface area contributed by atoms with Crippen molar-refractivity contribution < 1.29 is 13.7 Å². The van der Waals surface area contributed by atoms with Crippen LogP contribution in [0, 0.1) is 0 Å². The summed E-state index contributed by atoms with van der Waals surface area (Å²) in [5, 5.41) is 6.15. The molecule has 4 rings (SSSR count). The minimum Gasteiger partial charge on any atom is -0.464 e. The molecular formula is C22H24N8O3S. The third-order valence-corrected chi connectivity index (χ3v) is 5.51. The predicted molar refractivity (Wildman–Crippen MR) is 132 cm³/mol. The van der Waals surface area contributed by atoms with Crippen molar-refractivity contribution in [1.82, 2.24) is 24.5 Å². The molecule has 0 aliphatic heterocycles. The van der Waals surface area contributed by atoms with Gasteiger partial charge in [0.15, 0.2) is 17.3 Å². The number of benzene rings is 1. The summed E-state index contributed by atoms with van der Waals surface area (Å²) < 4.78 is 22.9. The Labute approximate surface area is 196 Å². The van der Waals surface area contributed by atoms with Gasteiger partial charge in [0.05, 0.1) is 36.4 Å². The van der Waals surface area contributed by atoms with Crippen LogP contribution in [-0.2, 0) is 21.5 Å². The minimum absolute atomic E-state index is 0.00309. The largest absolute Gasteiger partial charge is 0.464 e. The van der Waals surface area contributed by atoms with E-state index in [0.717, 1.165) is 5.52 Å². The first-order valence-corrected chi connectivity index (χ1v) is 12.5. The van der Waals surface area contributed by atoms with Crippen LogP contribution in [0.2, 0.25) is 0 Å². The van der Waals surface area contributed by atoms with Crippen molar-refractivity contribution >= 4 is 49.7 Å². The highest BCUT2D eigenvalue weighted by molar-refractivity contribution is 7.92. The number of nitrogens with one attached hydrogen (secondary N) is 2. The molecule has 3 heterocycles. The van der Waals surface area contributed by atoms with Crippen LogP contribution in [-0.4, -0.2) is 61.4 Å². The fourth-order valence-corrected chi connectivity index (χ4v) is 3.97. The molecule has 2 N–H and O–H groups in total. The molecule has 0 aliphatic carbocycles. The number of ether oxygens (including phenoxy) is 1. The molecule has 0 amide bonds. The van der Waals surface area contributed by atoms with Crippen molar-refractivity contribution in [1.29, 1.82) is 0 Å². The number of aryl methyl sites for hydroxylation is 1. The van der Waals surface area contributed by atoms with E-state index < -0.39 is 15.7 Å². The molecule has 0 fully saturated rings. The molecule has 0 saturated heterocycles. The number of hydrogen-bond acceptors (Lipinski definition) is 10. The Balaban J connectivity index is 1.81. The van der Waals surface area contributed by atoms with Gasteiger partial charge in [0.25, 0.3) is 0 Å². The smallest absolute Gasteiger partial charge is 0.360 e. The van der Waals surface area contributed by atoms with Crippen molar-refractivity contribution in [2.24, 2.45) is 11.4 Å². The summed E-state index contributed by atoms with van der Waals surface area (Å²) in [5.41, 5.74) is 3.77. The van der Waals surface area contributed by atoms with Crippen LogP contribution in [0.25, 0.3) is 22.3 Å². The monoisotopic (exact) mass is 480 g/mol. The normalized spacial score (nSPS) is 11.3. The highest BCUT2D eigenvalue weighted by Crippen LogP contribution is 2.32. The molecular weight excluding hydrogens is 456 g/mol. The summed E-state index contributed by atoms with van der Waals surface area (Å²) in [6.07, 6.45) is 8.17. The average molecular weight is 481 g/mol. The van der Waals surface area contributed by atoms with E-state index in [1.165, 1.54) is 7.11 Å². The van der Waals surface area contributed by atoms with Crippen molar-refractivity contribution in [2.45, 2.75) is 0 Å². The molecule has 0 atom stereocenters. The first kappa shape index (κ1) is 23.1. The maximum absolute atomic E-state index is 12.6. The number of pyridine rings is 1. The number of rotatable bonds is 6. The maximum Gasteiger partial charge on any atom is 0.360 e. The van der Waals surface area contributed by atoms with Gasteiger partial charge in [-0.2, -0.15) is 4.36 Å². The summed E-state index contributed by atoms with van der Waals surface area (Å²) in [5.74, 6) is -0.0117. The van der Waals surface area contributed by atoms with Gasteiger partial charge in [-0.15, -0.1) is 0 Å². The van der Waals surface area contributed by atoms with Crippen LogP contribution >= 0.6 is 0 Å². The lowest BCUT2D eigenvalue weighted by molar-refractivity contribution is 0.0595. The van der Waals surface area contributed by atoms with Crippen molar-refractivity contribution in [3.8, 4) is 11.3 Å². The number of methoxy groups -OCH3 is 1. The second-order valence-corrected chi connectivity index (χ2v) is 10.3. The van der Waals surface area contributed by atoms with Gasteiger partial charge in [0.1, 0.15) is 11.2 Å². The molecule has 1 aromatic carbocycles. The number of carbonyl (C=O) groups is 1. The molecule has 4 aromatic rings. The van der Waals surface area contributed by atoms with E-state index in [2.05, 4.69) is 34.9 Å². The predicted octanol–water partition coefficient (Wildman–Crippen LogP) is 3.36. The van der Waals surface area contributed by atoms with Gasteiger partial charge in [-0.3, -0.25) is 4.98 Å². The second kappa shape index (κ2) is 9.06. The van der Waals surface area contributed by atoms with Gasteiger partial charge in [0, 0.05) is 48.2 Å². The molecule has 0 spiro atoms. The summed E-state index contributed by atoms with van der Waals surface area (Å²) in [6, 6.07) is 6.94. The zero-order valence-electron chi connectivity index (χ0n) is 19.4. The minimum atomic E-state index is -2.27. The highest BCUT2D eigenvalue weighted by atomic mass is 32.2. The van der Waals surface area contributed by atoms with Crippen molar-refractivity contribution in [3.05, 3.63) is 48.7 Å². The number of esters is 1. The Kier molecular flexibility index (Phi) is 6.16. The Morgan fingerprint density at radius 3 is 2.50 bits per heavy atom. The molecule has 0 saturated carbocycles. The number of anilines is 3. The van der Waals surface area contributed by atoms with Crippen LogP contribution in [0.1, 0.15) is 10.5 Å². The molecule has 12 heteroatoms. The van der Waals surface area contributed by atoms with Crippen LogP contribution in [0.3, 0.4) is 0 Å². The summed E-state index contributed by atoms with van der Waals surface area (Å²) in [4.78, 5) is 30.6. The van der Waals surface area contributed by atoms with Crippen LogP contribution in [0.4, 0.5) is 23.0 Å².